The monoisotopic (exact) mass is 322 g/mol. The molecular formula is C8H11F5N4O2S. The number of nitrogens with two attached hydrogens (primary N) is 1. The van der Waals surface area contributed by atoms with E-state index in [0.29, 0.717) is 0 Å². The maximum atomic E-state index is 13.3. The Kier molecular flexibility index (Phi) is 4.11. The second-order valence-corrected chi connectivity index (χ2v) is 5.88. The van der Waals surface area contributed by atoms with Crippen molar-refractivity contribution in [2.45, 2.75) is 37.6 Å². The average molecular weight is 322 g/mol. The zero-order chi connectivity index (χ0) is 15.9. The molecule has 1 rings (SSSR count). The van der Waals surface area contributed by atoms with Gasteiger partial charge in [-0.1, -0.05) is 13.8 Å². The largest absolute Gasteiger partial charge is 0.461 e. The molecule has 20 heavy (non-hydrogen) atoms. The minimum absolute atomic E-state index is 0.174. The van der Waals surface area contributed by atoms with E-state index < -0.39 is 45.6 Å². The van der Waals surface area contributed by atoms with Gasteiger partial charge in [-0.25, -0.2) is 13.6 Å². The van der Waals surface area contributed by atoms with Crippen molar-refractivity contribution >= 4 is 10.0 Å². The zero-order valence-corrected chi connectivity index (χ0v) is 11.1. The molecule has 0 fully saturated rings. The Hall–Kier alpha value is -1.30. The Balaban J connectivity index is 3.54. The molecule has 6 nitrogen and oxygen atoms in total. The van der Waals surface area contributed by atoms with Crippen LogP contribution in [0.2, 0.25) is 0 Å². The summed E-state index contributed by atoms with van der Waals surface area (Å²) < 4.78 is 86.1. The van der Waals surface area contributed by atoms with Crippen LogP contribution >= 0.6 is 0 Å². The maximum Gasteiger partial charge on any atom is 0.461 e. The summed E-state index contributed by atoms with van der Waals surface area (Å²) in [6.07, 6.45) is -5.93. The summed E-state index contributed by atoms with van der Waals surface area (Å²) in [4.78, 5) is 0. The van der Waals surface area contributed by atoms with Gasteiger partial charge in [-0.15, -0.1) is 10.2 Å². The van der Waals surface area contributed by atoms with Crippen LogP contribution in [0.15, 0.2) is 5.16 Å². The summed E-state index contributed by atoms with van der Waals surface area (Å²) >= 11 is 0. The van der Waals surface area contributed by atoms with E-state index in [-0.39, 0.29) is 4.57 Å². The van der Waals surface area contributed by atoms with Crippen molar-refractivity contribution in [3.8, 4) is 0 Å². The fourth-order valence-corrected chi connectivity index (χ4v) is 2.01. The van der Waals surface area contributed by atoms with Crippen LogP contribution in [0.25, 0.3) is 0 Å². The molecule has 0 bridgehead atoms. The van der Waals surface area contributed by atoms with Gasteiger partial charge >= 0.3 is 12.1 Å². The van der Waals surface area contributed by atoms with Crippen LogP contribution in [-0.2, 0) is 22.5 Å². The molecular weight excluding hydrogens is 311 g/mol. The van der Waals surface area contributed by atoms with Gasteiger partial charge in [0.25, 0.3) is 15.2 Å². The number of sulfonamides is 1. The van der Waals surface area contributed by atoms with Gasteiger partial charge in [-0.05, 0) is 5.92 Å². The van der Waals surface area contributed by atoms with Crippen LogP contribution in [0.4, 0.5) is 22.0 Å². The third-order valence-corrected chi connectivity index (χ3v) is 2.97. The Bertz CT molecular complexity index is 592. The lowest BCUT2D eigenvalue weighted by atomic mass is 10.2. The van der Waals surface area contributed by atoms with Crippen LogP contribution in [0.5, 0.6) is 0 Å². The highest BCUT2D eigenvalue weighted by Crippen LogP contribution is 2.43. The molecule has 0 amide bonds. The van der Waals surface area contributed by atoms with Crippen molar-refractivity contribution in [3.05, 3.63) is 5.82 Å². The predicted octanol–water partition coefficient (Wildman–Crippen LogP) is 1.24. The lowest BCUT2D eigenvalue weighted by Crippen LogP contribution is -2.37. The lowest BCUT2D eigenvalue weighted by molar-refractivity contribution is -0.293. The first-order chi connectivity index (χ1) is 8.78. The summed E-state index contributed by atoms with van der Waals surface area (Å²) in [5.74, 6) is -7.57. The van der Waals surface area contributed by atoms with Crippen LogP contribution in [0, 0.1) is 5.92 Å². The topological polar surface area (TPSA) is 90.9 Å². The van der Waals surface area contributed by atoms with Crippen molar-refractivity contribution in [1.82, 2.24) is 14.8 Å². The first-order valence-electron chi connectivity index (χ1n) is 5.19. The van der Waals surface area contributed by atoms with Crippen molar-refractivity contribution in [3.63, 3.8) is 0 Å². The normalized spacial score (nSPS) is 14.1. The number of hydrogen-bond donors (Lipinski definition) is 1. The van der Waals surface area contributed by atoms with Gasteiger partial charge < -0.3 is 0 Å². The summed E-state index contributed by atoms with van der Waals surface area (Å²) in [7, 11) is -4.58. The molecule has 12 heteroatoms. The number of aromatic nitrogens is 3. The Morgan fingerprint density at radius 3 is 2.05 bits per heavy atom. The number of halogens is 5. The van der Waals surface area contributed by atoms with E-state index in [4.69, 9.17) is 5.14 Å². The zero-order valence-electron chi connectivity index (χ0n) is 10.3. The fourth-order valence-electron chi connectivity index (χ4n) is 1.39. The van der Waals surface area contributed by atoms with Crippen molar-refractivity contribution < 1.29 is 30.4 Å². The van der Waals surface area contributed by atoms with Gasteiger partial charge in [0.05, 0.1) is 0 Å². The minimum atomic E-state index is -5.93. The maximum absolute atomic E-state index is 13.3. The predicted molar refractivity (Wildman–Crippen MR) is 56.2 cm³/mol. The quantitative estimate of drug-likeness (QED) is 0.844. The molecule has 1 aromatic heterocycles. The molecule has 1 heterocycles. The van der Waals surface area contributed by atoms with E-state index in [1.165, 1.54) is 13.8 Å². The van der Waals surface area contributed by atoms with Crippen molar-refractivity contribution in [2.24, 2.45) is 11.1 Å². The SMILES string of the molecule is CC(C)Cn1c(C(F)(F)C(F)(F)F)nnc1S(N)(=O)=O. The third kappa shape index (κ3) is 3.06. The Morgan fingerprint density at radius 1 is 1.20 bits per heavy atom. The standard InChI is InChI=1S/C8H11F5N4O2S/c1-4(2)3-17-5(7(9,10)8(11,12)13)15-16-6(17)20(14,18)19/h4H,3H2,1-2H3,(H2,14,18,19). The van der Waals surface area contributed by atoms with Gasteiger partial charge in [0.15, 0.2) is 0 Å². The molecule has 0 radical (unpaired) electrons. The highest BCUT2D eigenvalue weighted by molar-refractivity contribution is 7.89. The molecule has 0 spiro atoms. The van der Waals surface area contributed by atoms with Gasteiger partial charge in [0.1, 0.15) is 0 Å². The van der Waals surface area contributed by atoms with Crippen LogP contribution in [0.3, 0.4) is 0 Å². The second kappa shape index (κ2) is 4.91. The number of nitrogens with zero attached hydrogens (tertiary/aromatic N) is 3. The lowest BCUT2D eigenvalue weighted by Gasteiger charge is -2.20. The molecule has 0 aliphatic carbocycles. The van der Waals surface area contributed by atoms with E-state index in [0.717, 1.165) is 0 Å². The van der Waals surface area contributed by atoms with Gasteiger partial charge in [-0.3, -0.25) is 4.57 Å². The molecule has 0 saturated heterocycles. The van der Waals surface area contributed by atoms with E-state index in [9.17, 15) is 30.4 Å². The molecule has 1 aromatic rings. The third-order valence-electron chi connectivity index (χ3n) is 2.16. The highest BCUT2D eigenvalue weighted by atomic mass is 32.2. The summed E-state index contributed by atoms with van der Waals surface area (Å²) in [6, 6.07) is 0. The highest BCUT2D eigenvalue weighted by Gasteiger charge is 2.62. The molecule has 2 N–H and O–H groups in total. The van der Waals surface area contributed by atoms with Crippen LogP contribution in [0.1, 0.15) is 19.7 Å². The number of primary sulfonamides is 1. The van der Waals surface area contributed by atoms with E-state index >= 15 is 0 Å². The molecule has 0 aromatic carbocycles. The minimum Gasteiger partial charge on any atom is -0.295 e. The first-order valence-corrected chi connectivity index (χ1v) is 6.74. The van der Waals surface area contributed by atoms with Gasteiger partial charge in [0.2, 0.25) is 5.82 Å². The fraction of sp³-hybridized carbons (Fsp3) is 0.750. The van der Waals surface area contributed by atoms with Crippen LogP contribution < -0.4 is 5.14 Å². The summed E-state index contributed by atoms with van der Waals surface area (Å²) in [6.45, 7) is 2.52. The molecule has 0 saturated carbocycles. The van der Waals surface area contributed by atoms with Crippen LogP contribution in [-0.4, -0.2) is 29.4 Å². The van der Waals surface area contributed by atoms with E-state index in [2.05, 4.69) is 10.2 Å². The van der Waals surface area contributed by atoms with Gasteiger partial charge in [-0.2, -0.15) is 22.0 Å². The van der Waals surface area contributed by atoms with E-state index in [1.807, 2.05) is 0 Å². The second-order valence-electron chi connectivity index (χ2n) is 4.43. The number of hydrogen-bond acceptors (Lipinski definition) is 4. The van der Waals surface area contributed by atoms with Crippen molar-refractivity contribution in [2.75, 3.05) is 0 Å². The van der Waals surface area contributed by atoms with Crippen molar-refractivity contribution in [1.29, 1.82) is 0 Å². The smallest absolute Gasteiger partial charge is 0.295 e. The van der Waals surface area contributed by atoms with Gasteiger partial charge in [0, 0.05) is 6.54 Å². The molecule has 0 aliphatic rings. The van der Waals surface area contributed by atoms with E-state index in [1.54, 1.807) is 0 Å². The summed E-state index contributed by atoms with van der Waals surface area (Å²) in [5, 5.41) is 9.09. The molecule has 0 aliphatic heterocycles. The molecule has 0 unspecified atom stereocenters. The Labute approximate surface area is 110 Å². The Morgan fingerprint density at radius 2 is 1.70 bits per heavy atom. The number of rotatable bonds is 4. The molecule has 0 atom stereocenters. The number of alkyl halides is 5. The average Bonchev–Trinajstić information content (AvgIpc) is 2.57. The molecule has 116 valence electrons. The first kappa shape index (κ1) is 16.8. The summed E-state index contributed by atoms with van der Waals surface area (Å²) in [5.41, 5.74) is 0.